The third-order valence-electron chi connectivity index (χ3n) is 4.91. The number of halogens is 1. The first kappa shape index (κ1) is 20.2. The molecule has 2 heterocycles. The number of hydrogen-bond acceptors (Lipinski definition) is 4. The number of carbonyl (C=O) groups excluding carboxylic acids is 1. The molecule has 0 radical (unpaired) electrons. The molecule has 2 aromatic heterocycles. The van der Waals surface area contributed by atoms with Gasteiger partial charge in [-0.3, -0.25) is 14.7 Å². The van der Waals surface area contributed by atoms with Crippen molar-refractivity contribution in [3.05, 3.63) is 89.5 Å². The van der Waals surface area contributed by atoms with E-state index in [-0.39, 0.29) is 18.1 Å². The van der Waals surface area contributed by atoms with Gasteiger partial charge < -0.3 is 0 Å². The van der Waals surface area contributed by atoms with Gasteiger partial charge in [0.1, 0.15) is 5.82 Å². The Hall–Kier alpha value is -3.12. The topological polar surface area (TPSA) is 46.1 Å². The predicted octanol–water partition coefficient (Wildman–Crippen LogP) is 5.73. The van der Waals surface area contributed by atoms with Crippen LogP contribution >= 0.6 is 11.3 Å². The second-order valence-electron chi connectivity index (χ2n) is 7.45. The van der Waals surface area contributed by atoms with Gasteiger partial charge in [-0.2, -0.15) is 0 Å². The fourth-order valence-corrected chi connectivity index (χ4v) is 4.34. The van der Waals surface area contributed by atoms with Crippen molar-refractivity contribution in [2.24, 2.45) is 0 Å². The molecule has 0 aliphatic carbocycles. The third kappa shape index (κ3) is 4.39. The molecule has 0 saturated heterocycles. The van der Waals surface area contributed by atoms with Crippen LogP contribution in [0.25, 0.3) is 10.2 Å². The molecular formula is C24H22FN3OS. The Kier molecular flexibility index (Phi) is 5.86. The average molecular weight is 420 g/mol. The zero-order chi connectivity index (χ0) is 21.1. The Morgan fingerprint density at radius 3 is 2.57 bits per heavy atom. The summed E-state index contributed by atoms with van der Waals surface area (Å²) in [5.41, 5.74) is 3.65. The maximum atomic E-state index is 13.3. The molecule has 2 aromatic carbocycles. The van der Waals surface area contributed by atoms with Crippen LogP contribution in [-0.4, -0.2) is 15.9 Å². The Morgan fingerprint density at radius 1 is 1.07 bits per heavy atom. The fourth-order valence-electron chi connectivity index (χ4n) is 3.33. The second-order valence-corrected chi connectivity index (χ2v) is 8.46. The molecule has 0 N–H and O–H groups in total. The number of para-hydroxylation sites is 1. The van der Waals surface area contributed by atoms with Crippen LogP contribution in [0.1, 0.15) is 36.6 Å². The number of thiazole rings is 1. The Labute approximate surface area is 179 Å². The number of fused-ring (bicyclic) bond motifs is 1. The first-order chi connectivity index (χ1) is 14.5. The van der Waals surface area contributed by atoms with Gasteiger partial charge in [-0.1, -0.05) is 55.5 Å². The Morgan fingerprint density at radius 2 is 1.87 bits per heavy atom. The molecule has 0 aliphatic heterocycles. The van der Waals surface area contributed by atoms with Crippen molar-refractivity contribution in [3.8, 4) is 0 Å². The first-order valence-corrected chi connectivity index (χ1v) is 10.7. The molecule has 6 heteroatoms. The van der Waals surface area contributed by atoms with Gasteiger partial charge in [-0.25, -0.2) is 9.37 Å². The zero-order valence-electron chi connectivity index (χ0n) is 16.9. The van der Waals surface area contributed by atoms with Gasteiger partial charge in [0.2, 0.25) is 5.91 Å². The lowest BCUT2D eigenvalue weighted by Gasteiger charge is -2.19. The van der Waals surface area contributed by atoms with E-state index in [9.17, 15) is 9.18 Å². The second kappa shape index (κ2) is 8.71. The van der Waals surface area contributed by atoms with Gasteiger partial charge in [-0.05, 0) is 47.4 Å². The molecule has 0 bridgehead atoms. The predicted molar refractivity (Wildman–Crippen MR) is 119 cm³/mol. The number of carbonyl (C=O) groups is 1. The van der Waals surface area contributed by atoms with E-state index in [1.165, 1.54) is 29.0 Å². The summed E-state index contributed by atoms with van der Waals surface area (Å²) in [4.78, 5) is 24.2. The lowest BCUT2D eigenvalue weighted by molar-refractivity contribution is -0.118. The molecule has 4 rings (SSSR count). The van der Waals surface area contributed by atoms with Crippen LogP contribution in [0.4, 0.5) is 9.52 Å². The molecule has 0 unspecified atom stereocenters. The van der Waals surface area contributed by atoms with Crippen molar-refractivity contribution in [1.82, 2.24) is 9.97 Å². The quantitative estimate of drug-likeness (QED) is 0.401. The standard InChI is InChI=1S/C24H22FN3OS/c1-16(2)20-7-5-8-21-23(20)27-24(30-21)28(15-19-6-3-4-13-26-19)22(29)14-17-9-11-18(25)12-10-17/h3-13,16H,14-15H2,1-2H3. The van der Waals surface area contributed by atoms with Crippen LogP contribution in [-0.2, 0) is 17.8 Å². The number of pyridine rings is 1. The van der Waals surface area contributed by atoms with Gasteiger partial charge in [0.05, 0.1) is 28.9 Å². The maximum absolute atomic E-state index is 13.3. The molecule has 0 saturated carbocycles. The number of anilines is 1. The van der Waals surface area contributed by atoms with Crippen LogP contribution in [0.5, 0.6) is 0 Å². The van der Waals surface area contributed by atoms with Gasteiger partial charge in [0.15, 0.2) is 5.13 Å². The van der Waals surface area contributed by atoms with E-state index in [1.54, 1.807) is 23.2 Å². The summed E-state index contributed by atoms with van der Waals surface area (Å²) in [5, 5.41) is 0.649. The first-order valence-electron chi connectivity index (χ1n) is 9.85. The number of hydrogen-bond donors (Lipinski definition) is 0. The minimum Gasteiger partial charge on any atom is -0.282 e. The lowest BCUT2D eigenvalue weighted by Crippen LogP contribution is -2.32. The molecule has 0 aliphatic rings. The number of benzene rings is 2. The van der Waals surface area contributed by atoms with E-state index in [0.717, 1.165) is 21.5 Å². The van der Waals surface area contributed by atoms with Gasteiger partial charge in [0, 0.05) is 6.20 Å². The highest BCUT2D eigenvalue weighted by atomic mass is 32.1. The molecule has 0 atom stereocenters. The molecule has 4 nitrogen and oxygen atoms in total. The average Bonchev–Trinajstić information content (AvgIpc) is 3.18. The number of amides is 1. The monoisotopic (exact) mass is 419 g/mol. The van der Waals surface area contributed by atoms with E-state index < -0.39 is 0 Å². The SMILES string of the molecule is CC(C)c1cccc2sc(N(Cc3ccccn3)C(=O)Cc3ccc(F)cc3)nc12. The van der Waals surface area contributed by atoms with Gasteiger partial charge in [-0.15, -0.1) is 0 Å². The van der Waals surface area contributed by atoms with E-state index in [0.29, 0.717) is 17.6 Å². The largest absolute Gasteiger partial charge is 0.282 e. The smallest absolute Gasteiger partial charge is 0.233 e. The van der Waals surface area contributed by atoms with Crippen LogP contribution in [0.15, 0.2) is 66.9 Å². The summed E-state index contributed by atoms with van der Waals surface area (Å²) in [6.07, 6.45) is 1.88. The van der Waals surface area contributed by atoms with E-state index in [1.807, 2.05) is 30.3 Å². The van der Waals surface area contributed by atoms with Gasteiger partial charge >= 0.3 is 0 Å². The van der Waals surface area contributed by atoms with Gasteiger partial charge in [0.25, 0.3) is 0 Å². The highest BCUT2D eigenvalue weighted by Crippen LogP contribution is 2.34. The van der Waals surface area contributed by atoms with Crippen molar-refractivity contribution in [3.63, 3.8) is 0 Å². The van der Waals surface area contributed by atoms with Crippen LogP contribution in [0.3, 0.4) is 0 Å². The molecule has 1 amide bonds. The van der Waals surface area contributed by atoms with E-state index in [2.05, 4.69) is 24.9 Å². The zero-order valence-corrected chi connectivity index (χ0v) is 17.7. The van der Waals surface area contributed by atoms with Crippen molar-refractivity contribution in [1.29, 1.82) is 0 Å². The third-order valence-corrected chi connectivity index (χ3v) is 5.95. The number of aromatic nitrogens is 2. The molecule has 0 fully saturated rings. The molecule has 30 heavy (non-hydrogen) atoms. The fraction of sp³-hybridized carbons (Fsp3) is 0.208. The minimum absolute atomic E-state index is 0.0996. The highest BCUT2D eigenvalue weighted by Gasteiger charge is 2.22. The van der Waals surface area contributed by atoms with Crippen LogP contribution in [0.2, 0.25) is 0 Å². The van der Waals surface area contributed by atoms with Crippen molar-refractivity contribution >= 4 is 32.6 Å². The summed E-state index contributed by atoms with van der Waals surface area (Å²) < 4.78 is 14.3. The summed E-state index contributed by atoms with van der Waals surface area (Å²) in [5.74, 6) is -0.0795. The normalized spacial score (nSPS) is 11.2. The van der Waals surface area contributed by atoms with Crippen molar-refractivity contribution < 1.29 is 9.18 Å². The summed E-state index contributed by atoms with van der Waals surface area (Å²) in [7, 11) is 0. The number of nitrogens with zero attached hydrogens (tertiary/aromatic N) is 3. The number of rotatable bonds is 6. The highest BCUT2D eigenvalue weighted by molar-refractivity contribution is 7.22. The lowest BCUT2D eigenvalue weighted by atomic mass is 10.0. The minimum atomic E-state index is -0.316. The van der Waals surface area contributed by atoms with Crippen LogP contribution in [0, 0.1) is 5.82 Å². The summed E-state index contributed by atoms with van der Waals surface area (Å²) >= 11 is 1.50. The van der Waals surface area contributed by atoms with Crippen molar-refractivity contribution in [2.75, 3.05) is 4.90 Å². The van der Waals surface area contributed by atoms with Crippen molar-refractivity contribution in [2.45, 2.75) is 32.7 Å². The van der Waals surface area contributed by atoms with E-state index in [4.69, 9.17) is 4.98 Å². The van der Waals surface area contributed by atoms with E-state index >= 15 is 0 Å². The summed E-state index contributed by atoms with van der Waals surface area (Å²) in [6, 6.07) is 17.8. The maximum Gasteiger partial charge on any atom is 0.233 e. The molecule has 4 aromatic rings. The summed E-state index contributed by atoms with van der Waals surface area (Å²) in [6.45, 7) is 4.61. The molecular weight excluding hydrogens is 397 g/mol. The van der Waals surface area contributed by atoms with Crippen LogP contribution < -0.4 is 4.90 Å². The Balaban J connectivity index is 1.71. The molecule has 0 spiro atoms. The Bertz CT molecular complexity index is 1160. The molecule has 152 valence electrons.